The van der Waals surface area contributed by atoms with Crippen LogP contribution in [0.5, 0.6) is 0 Å². The van der Waals surface area contributed by atoms with Crippen molar-refractivity contribution in [1.29, 1.82) is 0 Å². The molecule has 2 aliphatic rings. The number of nitrogens with zero attached hydrogens (tertiary/aromatic N) is 1. The number of nitrogens with one attached hydrogen (secondary N) is 1. The van der Waals surface area contributed by atoms with Gasteiger partial charge in [-0.3, -0.25) is 0 Å². The maximum absolute atomic E-state index is 3.87. The standard InChI is InChI=1S/C16H24N2/c1-12-10-14(8-9-18(12)2)17-16-11-15(16)13-6-4-3-5-7-13/h3-7,12,14-17H,8-11H2,1-2H3. The first-order chi connectivity index (χ1) is 8.74. The molecule has 1 N–H and O–H groups in total. The highest BCUT2D eigenvalue weighted by Gasteiger charge is 2.40. The number of hydrogen-bond donors (Lipinski definition) is 1. The van der Waals surface area contributed by atoms with Gasteiger partial charge in [-0.1, -0.05) is 30.3 Å². The topological polar surface area (TPSA) is 15.3 Å². The molecule has 98 valence electrons. The molecule has 3 rings (SSSR count). The molecule has 1 saturated heterocycles. The van der Waals surface area contributed by atoms with Crippen molar-refractivity contribution in [2.45, 2.75) is 50.2 Å². The highest BCUT2D eigenvalue weighted by molar-refractivity contribution is 5.27. The Morgan fingerprint density at radius 3 is 2.67 bits per heavy atom. The molecule has 0 bridgehead atoms. The van der Waals surface area contributed by atoms with E-state index >= 15 is 0 Å². The molecule has 0 radical (unpaired) electrons. The first kappa shape index (κ1) is 12.2. The zero-order chi connectivity index (χ0) is 12.5. The fourth-order valence-corrected chi connectivity index (χ4v) is 3.19. The van der Waals surface area contributed by atoms with E-state index in [1.165, 1.54) is 31.4 Å². The second kappa shape index (κ2) is 5.02. The molecular weight excluding hydrogens is 220 g/mol. The van der Waals surface area contributed by atoms with E-state index in [1.807, 2.05) is 0 Å². The molecule has 0 spiro atoms. The third-order valence-corrected chi connectivity index (χ3v) is 4.68. The van der Waals surface area contributed by atoms with Gasteiger partial charge < -0.3 is 10.2 Å². The van der Waals surface area contributed by atoms with Crippen LogP contribution in [0.15, 0.2) is 30.3 Å². The minimum atomic E-state index is 0.727. The Morgan fingerprint density at radius 2 is 1.94 bits per heavy atom. The largest absolute Gasteiger partial charge is 0.310 e. The van der Waals surface area contributed by atoms with Crippen LogP contribution in [-0.4, -0.2) is 36.6 Å². The van der Waals surface area contributed by atoms with Crippen molar-refractivity contribution in [3.63, 3.8) is 0 Å². The number of hydrogen-bond acceptors (Lipinski definition) is 2. The van der Waals surface area contributed by atoms with Gasteiger partial charge in [0, 0.05) is 24.0 Å². The van der Waals surface area contributed by atoms with E-state index in [4.69, 9.17) is 0 Å². The van der Waals surface area contributed by atoms with Gasteiger partial charge in [0.1, 0.15) is 0 Å². The van der Waals surface area contributed by atoms with Gasteiger partial charge in [-0.05, 0) is 45.3 Å². The Balaban J connectivity index is 1.51. The van der Waals surface area contributed by atoms with Crippen molar-refractivity contribution in [2.24, 2.45) is 0 Å². The van der Waals surface area contributed by atoms with Crippen molar-refractivity contribution < 1.29 is 0 Å². The van der Waals surface area contributed by atoms with Crippen LogP contribution in [0.3, 0.4) is 0 Å². The van der Waals surface area contributed by atoms with Gasteiger partial charge in [0.05, 0.1) is 0 Å². The Kier molecular flexibility index (Phi) is 3.40. The van der Waals surface area contributed by atoms with Crippen LogP contribution in [0, 0.1) is 0 Å². The van der Waals surface area contributed by atoms with E-state index < -0.39 is 0 Å². The molecule has 4 atom stereocenters. The Morgan fingerprint density at radius 1 is 1.17 bits per heavy atom. The smallest absolute Gasteiger partial charge is 0.0145 e. The van der Waals surface area contributed by atoms with E-state index in [0.717, 1.165) is 24.0 Å². The fourth-order valence-electron chi connectivity index (χ4n) is 3.19. The minimum absolute atomic E-state index is 0.727. The minimum Gasteiger partial charge on any atom is -0.310 e. The zero-order valence-corrected chi connectivity index (χ0v) is 11.5. The van der Waals surface area contributed by atoms with Crippen molar-refractivity contribution in [2.75, 3.05) is 13.6 Å². The zero-order valence-electron chi connectivity index (χ0n) is 11.5. The second-order valence-electron chi connectivity index (χ2n) is 6.08. The van der Waals surface area contributed by atoms with E-state index in [1.54, 1.807) is 0 Å². The van der Waals surface area contributed by atoms with Crippen molar-refractivity contribution >= 4 is 0 Å². The van der Waals surface area contributed by atoms with Crippen LogP contribution in [-0.2, 0) is 0 Å². The maximum atomic E-state index is 3.87. The van der Waals surface area contributed by atoms with Gasteiger partial charge in [-0.15, -0.1) is 0 Å². The maximum Gasteiger partial charge on any atom is 0.0145 e. The van der Waals surface area contributed by atoms with Crippen molar-refractivity contribution in [3.8, 4) is 0 Å². The molecule has 1 aliphatic carbocycles. The molecule has 2 fully saturated rings. The Bertz CT molecular complexity index is 389. The van der Waals surface area contributed by atoms with Crippen LogP contribution >= 0.6 is 0 Å². The molecule has 1 aromatic carbocycles. The van der Waals surface area contributed by atoms with Gasteiger partial charge in [0.15, 0.2) is 0 Å². The molecule has 1 saturated carbocycles. The number of rotatable bonds is 3. The van der Waals surface area contributed by atoms with E-state index in [-0.39, 0.29) is 0 Å². The van der Waals surface area contributed by atoms with Gasteiger partial charge in [0.2, 0.25) is 0 Å². The highest BCUT2D eigenvalue weighted by atomic mass is 15.2. The number of benzene rings is 1. The Labute approximate surface area is 110 Å². The summed E-state index contributed by atoms with van der Waals surface area (Å²) in [4.78, 5) is 2.47. The van der Waals surface area contributed by atoms with Crippen molar-refractivity contribution in [3.05, 3.63) is 35.9 Å². The molecule has 1 aliphatic heterocycles. The summed E-state index contributed by atoms with van der Waals surface area (Å²) in [7, 11) is 2.24. The van der Waals surface area contributed by atoms with Crippen LogP contribution in [0.2, 0.25) is 0 Å². The first-order valence-corrected chi connectivity index (χ1v) is 7.25. The molecular formula is C16H24N2. The lowest BCUT2D eigenvalue weighted by molar-refractivity contribution is 0.167. The Hall–Kier alpha value is -0.860. The average Bonchev–Trinajstić information content (AvgIpc) is 3.14. The fraction of sp³-hybridized carbons (Fsp3) is 0.625. The van der Waals surface area contributed by atoms with Crippen LogP contribution < -0.4 is 5.32 Å². The highest BCUT2D eigenvalue weighted by Crippen LogP contribution is 2.41. The third kappa shape index (κ3) is 2.60. The van der Waals surface area contributed by atoms with Gasteiger partial charge in [-0.2, -0.15) is 0 Å². The summed E-state index contributed by atoms with van der Waals surface area (Å²) in [6.45, 7) is 3.58. The lowest BCUT2D eigenvalue weighted by Gasteiger charge is -2.35. The predicted molar refractivity (Wildman–Crippen MR) is 75.8 cm³/mol. The summed E-state index contributed by atoms with van der Waals surface area (Å²) < 4.78 is 0. The average molecular weight is 244 g/mol. The summed E-state index contributed by atoms with van der Waals surface area (Å²) in [5, 5.41) is 3.87. The normalized spacial score (nSPS) is 36.6. The van der Waals surface area contributed by atoms with Crippen LogP contribution in [0.25, 0.3) is 0 Å². The number of likely N-dealkylation sites (tertiary alicyclic amines) is 1. The lowest BCUT2D eigenvalue weighted by Crippen LogP contribution is -2.46. The van der Waals surface area contributed by atoms with Gasteiger partial charge in [0.25, 0.3) is 0 Å². The van der Waals surface area contributed by atoms with Crippen LogP contribution in [0.1, 0.15) is 37.7 Å². The first-order valence-electron chi connectivity index (χ1n) is 7.25. The monoisotopic (exact) mass is 244 g/mol. The van der Waals surface area contributed by atoms with Gasteiger partial charge >= 0.3 is 0 Å². The SMILES string of the molecule is CC1CC(NC2CC2c2ccccc2)CCN1C. The molecule has 1 heterocycles. The summed E-state index contributed by atoms with van der Waals surface area (Å²) in [6.07, 6.45) is 3.93. The van der Waals surface area contributed by atoms with Crippen LogP contribution in [0.4, 0.5) is 0 Å². The third-order valence-electron chi connectivity index (χ3n) is 4.68. The second-order valence-corrected chi connectivity index (χ2v) is 6.08. The quantitative estimate of drug-likeness (QED) is 0.879. The van der Waals surface area contributed by atoms with E-state index in [9.17, 15) is 0 Å². The predicted octanol–water partition coefficient (Wildman–Crippen LogP) is 2.61. The summed E-state index contributed by atoms with van der Waals surface area (Å²) in [5.41, 5.74) is 1.51. The molecule has 2 heteroatoms. The van der Waals surface area contributed by atoms with Crippen molar-refractivity contribution in [1.82, 2.24) is 10.2 Å². The molecule has 4 unspecified atom stereocenters. The van der Waals surface area contributed by atoms with Gasteiger partial charge in [-0.25, -0.2) is 0 Å². The molecule has 0 amide bonds. The molecule has 18 heavy (non-hydrogen) atoms. The lowest BCUT2D eigenvalue weighted by atomic mass is 9.99. The summed E-state index contributed by atoms with van der Waals surface area (Å²) >= 11 is 0. The number of piperidine rings is 1. The summed E-state index contributed by atoms with van der Waals surface area (Å²) in [5.74, 6) is 0.765. The molecule has 0 aromatic heterocycles. The molecule has 2 nitrogen and oxygen atoms in total. The molecule has 1 aromatic rings. The van der Waals surface area contributed by atoms with E-state index in [2.05, 4.69) is 54.5 Å². The van der Waals surface area contributed by atoms with E-state index in [0.29, 0.717) is 0 Å². The summed E-state index contributed by atoms with van der Waals surface area (Å²) in [6, 6.07) is 13.1.